The molecule has 1 unspecified atom stereocenters. The van der Waals surface area contributed by atoms with E-state index in [4.69, 9.17) is 0 Å². The van der Waals surface area contributed by atoms with Crippen molar-refractivity contribution in [2.45, 2.75) is 18.9 Å². The van der Waals surface area contributed by atoms with E-state index in [0.29, 0.717) is 34.8 Å². The van der Waals surface area contributed by atoms with E-state index in [1.807, 2.05) is 0 Å². The van der Waals surface area contributed by atoms with Crippen molar-refractivity contribution < 1.29 is 17.6 Å². The van der Waals surface area contributed by atoms with Gasteiger partial charge in [-0.25, -0.2) is 17.5 Å². The number of carbonyl (C=O) groups is 1. The topological polar surface area (TPSA) is 66.5 Å². The fraction of sp³-hybridized carbons (Fsp3) is 0.353. The van der Waals surface area contributed by atoms with Crippen LogP contribution in [0.25, 0.3) is 10.4 Å². The van der Waals surface area contributed by atoms with Crippen molar-refractivity contribution in [3.05, 3.63) is 47.1 Å². The Morgan fingerprint density at radius 1 is 1.28 bits per heavy atom. The molecular weight excluding hydrogens is 363 g/mol. The Morgan fingerprint density at radius 3 is 2.76 bits per heavy atom. The number of piperidine rings is 1. The first kappa shape index (κ1) is 18.0. The average molecular weight is 382 g/mol. The SMILES string of the molecule is CS(=O)(=O)NC1CCCN(C(=O)c2ccc(-c3ccccc3F)s2)C1. The number of likely N-dealkylation sites (tertiary alicyclic amines) is 1. The van der Waals surface area contributed by atoms with Gasteiger partial charge in [0.1, 0.15) is 5.82 Å². The Labute approximate surface area is 150 Å². The van der Waals surface area contributed by atoms with E-state index in [-0.39, 0.29) is 17.8 Å². The van der Waals surface area contributed by atoms with Crippen molar-refractivity contribution in [1.29, 1.82) is 0 Å². The first-order valence-corrected chi connectivity index (χ1v) is 10.7. The summed E-state index contributed by atoms with van der Waals surface area (Å²) in [5, 5.41) is 0. The molecule has 1 aromatic carbocycles. The minimum absolute atomic E-state index is 0.146. The lowest BCUT2D eigenvalue weighted by molar-refractivity contribution is 0.0708. The maximum Gasteiger partial charge on any atom is 0.263 e. The Bertz CT molecular complexity index is 880. The molecule has 1 N–H and O–H groups in total. The molecule has 0 radical (unpaired) electrons. The van der Waals surface area contributed by atoms with Crippen LogP contribution >= 0.6 is 11.3 Å². The predicted octanol–water partition coefficient (Wildman–Crippen LogP) is 2.71. The molecule has 1 aromatic heterocycles. The van der Waals surface area contributed by atoms with Gasteiger partial charge in [-0.2, -0.15) is 0 Å². The fourth-order valence-corrected chi connectivity index (χ4v) is 4.77. The quantitative estimate of drug-likeness (QED) is 0.884. The van der Waals surface area contributed by atoms with E-state index in [1.165, 1.54) is 17.4 Å². The number of hydrogen-bond donors (Lipinski definition) is 1. The van der Waals surface area contributed by atoms with Crippen LogP contribution in [0.2, 0.25) is 0 Å². The molecule has 1 atom stereocenters. The Kier molecular flexibility index (Phi) is 5.21. The molecular formula is C17H19FN2O3S2. The molecule has 1 aliphatic heterocycles. The molecule has 8 heteroatoms. The number of nitrogens with zero attached hydrogens (tertiary/aromatic N) is 1. The monoisotopic (exact) mass is 382 g/mol. The molecule has 2 aromatic rings. The third-order valence-corrected chi connectivity index (χ3v) is 5.91. The van der Waals surface area contributed by atoms with Gasteiger partial charge in [0.15, 0.2) is 0 Å². The summed E-state index contributed by atoms with van der Waals surface area (Å²) >= 11 is 1.25. The highest BCUT2D eigenvalue weighted by Gasteiger charge is 2.27. The number of rotatable bonds is 4. The standard InChI is InChI=1S/C17H19FN2O3S2/c1-25(22,23)19-12-5-4-10-20(11-12)17(21)16-9-8-15(24-16)13-6-2-3-7-14(13)18/h2-3,6-9,12,19H,4-5,10-11H2,1H3. The lowest BCUT2D eigenvalue weighted by atomic mass is 10.1. The van der Waals surface area contributed by atoms with Crippen LogP contribution in [0.3, 0.4) is 0 Å². The molecule has 134 valence electrons. The molecule has 0 bridgehead atoms. The highest BCUT2D eigenvalue weighted by molar-refractivity contribution is 7.88. The maximum absolute atomic E-state index is 13.9. The lowest BCUT2D eigenvalue weighted by Gasteiger charge is -2.32. The minimum atomic E-state index is -3.30. The largest absolute Gasteiger partial charge is 0.336 e. The number of carbonyl (C=O) groups excluding carboxylic acids is 1. The molecule has 5 nitrogen and oxygen atoms in total. The summed E-state index contributed by atoms with van der Waals surface area (Å²) < 4.78 is 39.2. The van der Waals surface area contributed by atoms with Gasteiger partial charge in [0.25, 0.3) is 5.91 Å². The third kappa shape index (κ3) is 4.45. The van der Waals surface area contributed by atoms with Crippen LogP contribution in [-0.2, 0) is 10.0 Å². The zero-order valence-corrected chi connectivity index (χ0v) is 15.4. The van der Waals surface area contributed by atoms with Crippen LogP contribution in [0.15, 0.2) is 36.4 Å². The Morgan fingerprint density at radius 2 is 2.04 bits per heavy atom. The molecule has 1 saturated heterocycles. The van der Waals surface area contributed by atoms with Gasteiger partial charge in [0.05, 0.1) is 11.1 Å². The summed E-state index contributed by atoms with van der Waals surface area (Å²) in [6, 6.07) is 9.63. The summed E-state index contributed by atoms with van der Waals surface area (Å²) in [7, 11) is -3.30. The number of amides is 1. The fourth-order valence-electron chi connectivity index (χ4n) is 2.98. The number of thiophene rings is 1. The first-order chi connectivity index (χ1) is 11.8. The third-order valence-electron chi connectivity index (χ3n) is 4.05. The molecule has 25 heavy (non-hydrogen) atoms. The summed E-state index contributed by atoms with van der Waals surface area (Å²) in [6.07, 6.45) is 2.57. The first-order valence-electron chi connectivity index (χ1n) is 7.95. The van der Waals surface area contributed by atoms with Gasteiger partial charge < -0.3 is 4.90 Å². The van der Waals surface area contributed by atoms with E-state index in [1.54, 1.807) is 35.2 Å². The average Bonchev–Trinajstić information content (AvgIpc) is 3.03. The normalized spacial score (nSPS) is 18.3. The van der Waals surface area contributed by atoms with E-state index in [2.05, 4.69) is 4.72 Å². The second-order valence-electron chi connectivity index (χ2n) is 6.12. The van der Waals surface area contributed by atoms with E-state index < -0.39 is 10.0 Å². The van der Waals surface area contributed by atoms with E-state index >= 15 is 0 Å². The summed E-state index contributed by atoms with van der Waals surface area (Å²) in [5.74, 6) is -0.466. The van der Waals surface area contributed by atoms with Crippen molar-refractivity contribution in [2.75, 3.05) is 19.3 Å². The van der Waals surface area contributed by atoms with Crippen molar-refractivity contribution >= 4 is 27.3 Å². The number of nitrogens with one attached hydrogen (secondary N) is 1. The van der Waals surface area contributed by atoms with Gasteiger partial charge in [-0.3, -0.25) is 4.79 Å². The second kappa shape index (κ2) is 7.23. The van der Waals surface area contributed by atoms with Crippen LogP contribution in [0.1, 0.15) is 22.5 Å². The van der Waals surface area contributed by atoms with Crippen LogP contribution in [-0.4, -0.2) is 44.6 Å². The molecule has 0 saturated carbocycles. The van der Waals surface area contributed by atoms with Gasteiger partial charge in [-0.15, -0.1) is 11.3 Å². The van der Waals surface area contributed by atoms with Crippen molar-refractivity contribution in [2.24, 2.45) is 0 Å². The van der Waals surface area contributed by atoms with Gasteiger partial charge in [-0.1, -0.05) is 18.2 Å². The number of sulfonamides is 1. The van der Waals surface area contributed by atoms with Gasteiger partial charge in [0.2, 0.25) is 10.0 Å². The summed E-state index contributed by atoms with van der Waals surface area (Å²) in [6.45, 7) is 0.937. The predicted molar refractivity (Wildman–Crippen MR) is 96.6 cm³/mol. The number of benzene rings is 1. The minimum Gasteiger partial charge on any atom is -0.336 e. The molecule has 1 amide bonds. The molecule has 2 heterocycles. The zero-order chi connectivity index (χ0) is 18.0. The molecule has 1 aliphatic rings. The smallest absolute Gasteiger partial charge is 0.263 e. The van der Waals surface area contributed by atoms with E-state index in [9.17, 15) is 17.6 Å². The zero-order valence-electron chi connectivity index (χ0n) is 13.7. The molecule has 1 fully saturated rings. The van der Waals surface area contributed by atoms with Crippen LogP contribution in [0.4, 0.5) is 4.39 Å². The Balaban J connectivity index is 1.74. The maximum atomic E-state index is 13.9. The van der Waals surface area contributed by atoms with E-state index in [0.717, 1.165) is 12.7 Å². The number of halogens is 1. The van der Waals surface area contributed by atoms with Crippen LogP contribution in [0.5, 0.6) is 0 Å². The van der Waals surface area contributed by atoms with Crippen LogP contribution < -0.4 is 4.72 Å². The van der Waals surface area contributed by atoms with Crippen molar-refractivity contribution in [1.82, 2.24) is 9.62 Å². The van der Waals surface area contributed by atoms with Gasteiger partial charge >= 0.3 is 0 Å². The molecule has 0 spiro atoms. The molecule has 0 aliphatic carbocycles. The molecule has 3 rings (SSSR count). The highest BCUT2D eigenvalue weighted by atomic mass is 32.2. The summed E-state index contributed by atoms with van der Waals surface area (Å²) in [4.78, 5) is 15.6. The number of hydrogen-bond acceptors (Lipinski definition) is 4. The van der Waals surface area contributed by atoms with Crippen molar-refractivity contribution in [3.8, 4) is 10.4 Å². The van der Waals surface area contributed by atoms with Gasteiger partial charge in [0, 0.05) is 29.6 Å². The second-order valence-corrected chi connectivity index (χ2v) is 8.99. The Hall–Kier alpha value is -1.77. The highest BCUT2D eigenvalue weighted by Crippen LogP contribution is 2.31. The lowest BCUT2D eigenvalue weighted by Crippen LogP contribution is -2.49. The summed E-state index contributed by atoms with van der Waals surface area (Å²) in [5.41, 5.74) is 0.474. The van der Waals surface area contributed by atoms with Gasteiger partial charge in [-0.05, 0) is 31.0 Å². The van der Waals surface area contributed by atoms with Crippen LogP contribution in [0, 0.1) is 5.82 Å². The van der Waals surface area contributed by atoms with Crippen molar-refractivity contribution in [3.63, 3.8) is 0 Å².